The molecule has 8 heteroatoms. The summed E-state index contributed by atoms with van der Waals surface area (Å²) in [6.45, 7) is 0.265. The summed E-state index contributed by atoms with van der Waals surface area (Å²) in [5, 5.41) is 13.1. The number of anilines is 1. The highest BCUT2D eigenvalue weighted by atomic mass is 127. The number of nitrogens with one attached hydrogen (secondary N) is 1. The first-order valence-electron chi connectivity index (χ1n) is 9.33. The number of halogens is 3. The Morgan fingerprint density at radius 3 is 2.53 bits per heavy atom. The molecule has 0 fully saturated rings. The summed E-state index contributed by atoms with van der Waals surface area (Å²) in [5.41, 5.74) is 2.06. The number of ether oxygens (including phenoxy) is 2. The molecule has 0 saturated carbocycles. The summed E-state index contributed by atoms with van der Waals surface area (Å²) in [7, 11) is 1.53. The van der Waals surface area contributed by atoms with E-state index in [0.29, 0.717) is 32.8 Å². The number of hydrogen-bond acceptors (Lipinski definition) is 4. The molecule has 0 heterocycles. The van der Waals surface area contributed by atoms with E-state index in [-0.39, 0.29) is 12.2 Å². The average Bonchev–Trinajstić information content (AvgIpc) is 2.79. The largest absolute Gasteiger partial charge is 0.493 e. The second kappa shape index (κ2) is 11.2. The van der Waals surface area contributed by atoms with Crippen LogP contribution in [-0.4, -0.2) is 13.0 Å². The molecule has 0 saturated heterocycles. The minimum atomic E-state index is -0.493. The number of carbonyl (C=O) groups excluding carboxylic acids is 1. The van der Waals surface area contributed by atoms with Crippen LogP contribution in [0.2, 0.25) is 10.0 Å². The molecule has 0 aliphatic heterocycles. The van der Waals surface area contributed by atoms with E-state index in [1.54, 1.807) is 48.5 Å². The average molecular weight is 579 g/mol. The molecule has 0 aliphatic rings. The van der Waals surface area contributed by atoms with Gasteiger partial charge in [0.1, 0.15) is 18.2 Å². The first kappa shape index (κ1) is 23.9. The van der Waals surface area contributed by atoms with Crippen molar-refractivity contribution in [3.8, 4) is 17.6 Å². The zero-order chi connectivity index (χ0) is 23.1. The van der Waals surface area contributed by atoms with Gasteiger partial charge < -0.3 is 14.8 Å². The molecule has 0 aromatic heterocycles. The fourth-order valence-electron chi connectivity index (χ4n) is 2.78. The van der Waals surface area contributed by atoms with Crippen LogP contribution < -0.4 is 14.8 Å². The van der Waals surface area contributed by atoms with Crippen LogP contribution in [-0.2, 0) is 11.4 Å². The molecule has 0 aliphatic carbocycles. The lowest BCUT2D eigenvalue weighted by molar-refractivity contribution is -0.112. The topological polar surface area (TPSA) is 71.3 Å². The summed E-state index contributed by atoms with van der Waals surface area (Å²) in [4.78, 5) is 12.5. The monoisotopic (exact) mass is 578 g/mol. The molecular formula is C24H17Cl2IN2O3. The Morgan fingerprint density at radius 2 is 1.88 bits per heavy atom. The number of benzene rings is 3. The highest BCUT2D eigenvalue weighted by Gasteiger charge is 2.14. The van der Waals surface area contributed by atoms with E-state index in [4.69, 9.17) is 32.7 Å². The lowest BCUT2D eigenvalue weighted by atomic mass is 10.1. The van der Waals surface area contributed by atoms with Crippen molar-refractivity contribution in [1.29, 1.82) is 5.26 Å². The molecule has 0 spiro atoms. The Bertz CT molecular complexity index is 1210. The zero-order valence-corrected chi connectivity index (χ0v) is 20.5. The van der Waals surface area contributed by atoms with Gasteiger partial charge in [-0.05, 0) is 76.2 Å². The van der Waals surface area contributed by atoms with Crippen molar-refractivity contribution >= 4 is 63.5 Å². The number of carbonyl (C=O) groups is 1. The highest BCUT2D eigenvalue weighted by Crippen LogP contribution is 2.35. The van der Waals surface area contributed by atoms with E-state index in [1.165, 1.54) is 13.2 Å². The van der Waals surface area contributed by atoms with Crippen LogP contribution >= 0.6 is 45.8 Å². The van der Waals surface area contributed by atoms with Crippen molar-refractivity contribution < 1.29 is 14.3 Å². The van der Waals surface area contributed by atoms with E-state index < -0.39 is 5.91 Å². The number of nitriles is 1. The van der Waals surface area contributed by atoms with Gasteiger partial charge in [-0.2, -0.15) is 5.26 Å². The molecule has 3 aromatic rings. The van der Waals surface area contributed by atoms with Gasteiger partial charge in [0.15, 0.2) is 11.5 Å². The fourth-order valence-corrected chi connectivity index (χ4v) is 3.89. The molecular weight excluding hydrogens is 562 g/mol. The molecule has 3 rings (SSSR count). The van der Waals surface area contributed by atoms with Gasteiger partial charge in [0.2, 0.25) is 0 Å². The Morgan fingerprint density at radius 1 is 1.12 bits per heavy atom. The molecule has 0 unspecified atom stereocenters. The van der Waals surface area contributed by atoms with Gasteiger partial charge in [-0.15, -0.1) is 0 Å². The van der Waals surface area contributed by atoms with Gasteiger partial charge in [-0.25, -0.2) is 0 Å². The molecule has 5 nitrogen and oxygen atoms in total. The minimum Gasteiger partial charge on any atom is -0.493 e. The first-order valence-corrected chi connectivity index (χ1v) is 11.2. The molecule has 1 amide bonds. The van der Waals surface area contributed by atoms with E-state index in [1.807, 2.05) is 18.2 Å². The van der Waals surface area contributed by atoms with E-state index in [9.17, 15) is 10.1 Å². The van der Waals surface area contributed by atoms with Gasteiger partial charge in [-0.1, -0.05) is 47.5 Å². The van der Waals surface area contributed by atoms with Crippen LogP contribution in [0.3, 0.4) is 0 Å². The molecule has 0 bridgehead atoms. The summed E-state index contributed by atoms with van der Waals surface area (Å²) in [5.74, 6) is 0.528. The number of methoxy groups -OCH3 is 1. The summed E-state index contributed by atoms with van der Waals surface area (Å²) in [6.07, 6.45) is 1.51. The molecule has 0 radical (unpaired) electrons. The third-order valence-electron chi connectivity index (χ3n) is 4.33. The fraction of sp³-hybridized carbons (Fsp3) is 0.0833. The normalized spacial score (nSPS) is 10.9. The Kier molecular flexibility index (Phi) is 8.39. The number of nitrogens with zero attached hydrogens (tertiary/aromatic N) is 1. The maximum absolute atomic E-state index is 12.5. The SMILES string of the molecule is COc1cc(/C=C(/C#N)C(=O)Nc2ccccc2)cc(I)c1OCc1ccc(Cl)c(Cl)c1. The predicted octanol–water partition coefficient (Wildman–Crippen LogP) is 6.73. The molecule has 3 aromatic carbocycles. The molecule has 0 atom stereocenters. The lowest BCUT2D eigenvalue weighted by Crippen LogP contribution is -2.13. The molecule has 32 heavy (non-hydrogen) atoms. The van der Waals surface area contributed by atoms with E-state index >= 15 is 0 Å². The number of hydrogen-bond donors (Lipinski definition) is 1. The predicted molar refractivity (Wildman–Crippen MR) is 135 cm³/mol. The highest BCUT2D eigenvalue weighted by molar-refractivity contribution is 14.1. The Balaban J connectivity index is 1.81. The van der Waals surface area contributed by atoms with Crippen LogP contribution in [0.4, 0.5) is 5.69 Å². The van der Waals surface area contributed by atoms with Crippen LogP contribution in [0.25, 0.3) is 6.08 Å². The van der Waals surface area contributed by atoms with Crippen molar-refractivity contribution in [2.24, 2.45) is 0 Å². The van der Waals surface area contributed by atoms with Crippen molar-refractivity contribution in [2.75, 3.05) is 12.4 Å². The van der Waals surface area contributed by atoms with Gasteiger partial charge in [-0.3, -0.25) is 4.79 Å². The van der Waals surface area contributed by atoms with Crippen LogP contribution in [0, 0.1) is 14.9 Å². The molecule has 162 valence electrons. The third kappa shape index (κ3) is 6.16. The van der Waals surface area contributed by atoms with Gasteiger partial charge in [0, 0.05) is 5.69 Å². The van der Waals surface area contributed by atoms with Crippen molar-refractivity contribution in [2.45, 2.75) is 6.61 Å². The maximum atomic E-state index is 12.5. The lowest BCUT2D eigenvalue weighted by Gasteiger charge is -2.14. The second-order valence-electron chi connectivity index (χ2n) is 6.56. The summed E-state index contributed by atoms with van der Waals surface area (Å²) >= 11 is 14.1. The van der Waals surface area contributed by atoms with E-state index in [2.05, 4.69) is 27.9 Å². The second-order valence-corrected chi connectivity index (χ2v) is 8.54. The van der Waals surface area contributed by atoms with Crippen LogP contribution in [0.15, 0.2) is 66.2 Å². The Hall–Kier alpha value is -2.73. The maximum Gasteiger partial charge on any atom is 0.266 e. The summed E-state index contributed by atoms with van der Waals surface area (Å²) in [6, 6.07) is 19.7. The first-order chi connectivity index (χ1) is 15.4. The van der Waals surface area contributed by atoms with Crippen molar-refractivity contribution in [1.82, 2.24) is 0 Å². The minimum absolute atomic E-state index is 0.0313. The Labute approximate surface area is 209 Å². The van der Waals surface area contributed by atoms with Crippen LogP contribution in [0.5, 0.6) is 11.5 Å². The third-order valence-corrected chi connectivity index (χ3v) is 5.87. The van der Waals surface area contributed by atoms with Gasteiger partial charge >= 0.3 is 0 Å². The van der Waals surface area contributed by atoms with E-state index in [0.717, 1.165) is 9.13 Å². The molecule has 1 N–H and O–H groups in total. The smallest absolute Gasteiger partial charge is 0.266 e. The van der Waals surface area contributed by atoms with Crippen LogP contribution in [0.1, 0.15) is 11.1 Å². The quantitative estimate of drug-likeness (QED) is 0.192. The number of amides is 1. The van der Waals surface area contributed by atoms with Gasteiger partial charge in [0.05, 0.1) is 20.7 Å². The standard InChI is InChI=1S/C24H17Cl2IN2O3/c1-31-22-12-16(9-17(13-28)24(30)29-18-5-3-2-4-6-18)11-21(27)23(22)32-14-15-7-8-19(25)20(26)10-15/h2-12H,14H2,1H3,(H,29,30)/b17-9-. The number of rotatable bonds is 7. The van der Waals surface area contributed by atoms with Crippen molar-refractivity contribution in [3.05, 3.63) is 91.0 Å². The van der Waals surface area contributed by atoms with Crippen molar-refractivity contribution in [3.63, 3.8) is 0 Å². The number of para-hydroxylation sites is 1. The summed E-state index contributed by atoms with van der Waals surface area (Å²) < 4.78 is 12.2. The zero-order valence-electron chi connectivity index (χ0n) is 16.9. The van der Waals surface area contributed by atoms with Gasteiger partial charge in [0.25, 0.3) is 5.91 Å².